The quantitative estimate of drug-likeness (QED) is 0.196. The maximum absolute atomic E-state index is 12.4. The molecule has 2 amide bonds. The minimum atomic E-state index is -0.0548. The van der Waals surface area contributed by atoms with Crippen LogP contribution in [0.1, 0.15) is 23.2 Å². The molecule has 0 radical (unpaired) electrons. The first kappa shape index (κ1) is 39.3. The second-order valence-electron chi connectivity index (χ2n) is 12.1. The summed E-state index contributed by atoms with van der Waals surface area (Å²) in [5, 5.41) is 6.67. The highest BCUT2D eigenvalue weighted by atomic mass is 35.5. The molecule has 4 aromatic rings. The Bertz CT molecular complexity index is 1810. The average molecular weight is 811 g/mol. The fourth-order valence-corrected chi connectivity index (χ4v) is 7.64. The van der Waals surface area contributed by atoms with Gasteiger partial charge in [0, 0.05) is 59.4 Å². The van der Waals surface area contributed by atoms with Gasteiger partial charge in [-0.2, -0.15) is 0 Å². The molecule has 2 fully saturated rings. The van der Waals surface area contributed by atoms with Crippen LogP contribution in [0.25, 0.3) is 0 Å². The van der Waals surface area contributed by atoms with Crippen molar-refractivity contribution in [1.82, 2.24) is 15.1 Å². The molecule has 3 N–H and O–H groups in total. The van der Waals surface area contributed by atoms with E-state index >= 15 is 0 Å². The Labute approximate surface area is 328 Å². The van der Waals surface area contributed by atoms with Crippen molar-refractivity contribution in [3.05, 3.63) is 126 Å². The number of amides is 2. The number of carbonyl (C=O) groups is 2. The van der Waals surface area contributed by atoms with Crippen molar-refractivity contribution in [2.45, 2.75) is 12.1 Å². The van der Waals surface area contributed by atoms with Gasteiger partial charge in [-0.15, -0.1) is 0 Å². The second kappa shape index (κ2) is 18.2. The lowest BCUT2D eigenvalue weighted by molar-refractivity contribution is -0.131. The Morgan fingerprint density at radius 2 is 1.00 bits per heavy atom. The van der Waals surface area contributed by atoms with Gasteiger partial charge < -0.3 is 30.7 Å². The molecule has 8 nitrogen and oxygen atoms in total. The molecular weight excluding hydrogens is 773 g/mol. The van der Waals surface area contributed by atoms with E-state index in [4.69, 9.17) is 75.3 Å². The summed E-state index contributed by atoms with van der Waals surface area (Å²) in [7, 11) is 1.78. The molecule has 51 heavy (non-hydrogen) atoms. The van der Waals surface area contributed by atoms with Crippen LogP contribution in [0.4, 0.5) is 11.4 Å². The number of halogens is 6. The van der Waals surface area contributed by atoms with Crippen LogP contribution in [0.15, 0.2) is 84.9 Å². The molecule has 0 aliphatic carbocycles. The van der Waals surface area contributed by atoms with Crippen molar-refractivity contribution in [3.63, 3.8) is 0 Å². The molecule has 0 spiro atoms. The lowest BCUT2D eigenvalue weighted by atomic mass is 10.0. The van der Waals surface area contributed by atoms with Gasteiger partial charge in [-0.3, -0.25) is 9.59 Å². The third-order valence-corrected chi connectivity index (χ3v) is 10.5. The molecule has 0 bridgehead atoms. The normalized spacial score (nSPS) is 17.6. The number of benzene rings is 4. The van der Waals surface area contributed by atoms with Crippen molar-refractivity contribution < 1.29 is 9.59 Å². The largest absolute Gasteiger partial charge is 0.360 e. The molecule has 2 heterocycles. The first-order valence-electron chi connectivity index (χ1n) is 16.3. The Kier molecular flexibility index (Phi) is 14.0. The van der Waals surface area contributed by atoms with E-state index in [1.54, 1.807) is 24.1 Å². The summed E-state index contributed by atoms with van der Waals surface area (Å²) in [5.41, 5.74) is 9.49. The molecule has 2 aliphatic rings. The van der Waals surface area contributed by atoms with Crippen LogP contribution in [-0.4, -0.2) is 81.0 Å². The van der Waals surface area contributed by atoms with Gasteiger partial charge in [-0.1, -0.05) is 93.9 Å². The average Bonchev–Trinajstić information content (AvgIpc) is 3.12. The predicted octanol–water partition coefficient (Wildman–Crippen LogP) is 8.25. The molecule has 270 valence electrons. The van der Waals surface area contributed by atoms with Crippen molar-refractivity contribution in [1.29, 1.82) is 0 Å². The minimum Gasteiger partial charge on any atom is -0.360 e. The standard InChI is InChI=1S/C19H20Cl3N3O.C18H18Cl3N3O/c1-23-11-19(26)24-8-9-25(17-7-6-15(21)10-16(17)22)18(12-24)13-2-4-14(20)5-3-13;19-13-3-1-12(2-4-13)17-11-23(18(25)10-22)7-8-24(17)16-6-5-14(20)9-15(16)21/h2-7,10,18,23H,8-9,11-12H2,1H3;1-6,9,17H,7-8,10-11,22H2/t18-;17-/m00/s1. The molecule has 2 aliphatic heterocycles. The number of rotatable bonds is 7. The van der Waals surface area contributed by atoms with Gasteiger partial charge >= 0.3 is 0 Å². The molecule has 2 saturated heterocycles. The van der Waals surface area contributed by atoms with Gasteiger partial charge in [0.2, 0.25) is 11.8 Å². The SMILES string of the molecule is CNCC(=O)N1CCN(c2ccc(Cl)cc2Cl)[C@H](c2ccc(Cl)cc2)C1.NCC(=O)N1CCN(c2ccc(Cl)cc2Cl)[C@H](c2ccc(Cl)cc2)C1. The van der Waals surface area contributed by atoms with Gasteiger partial charge in [-0.25, -0.2) is 0 Å². The fraction of sp³-hybridized carbons (Fsp3) is 0.297. The number of hydrogen-bond acceptors (Lipinski definition) is 6. The monoisotopic (exact) mass is 808 g/mol. The smallest absolute Gasteiger partial charge is 0.236 e. The molecular formula is C37H38Cl6N6O2. The molecule has 2 atom stereocenters. The van der Waals surface area contributed by atoms with Gasteiger partial charge in [-0.05, 0) is 78.8 Å². The number of nitrogens with one attached hydrogen (secondary N) is 1. The maximum atomic E-state index is 12.4. The van der Waals surface area contributed by atoms with Gasteiger partial charge in [0.05, 0.1) is 46.6 Å². The zero-order valence-corrected chi connectivity index (χ0v) is 32.4. The van der Waals surface area contributed by atoms with Crippen molar-refractivity contribution >= 4 is 92.8 Å². The van der Waals surface area contributed by atoms with E-state index in [0.717, 1.165) is 22.5 Å². The highest BCUT2D eigenvalue weighted by Gasteiger charge is 2.33. The van der Waals surface area contributed by atoms with E-state index in [2.05, 4.69) is 15.1 Å². The van der Waals surface area contributed by atoms with E-state index in [-0.39, 0.29) is 30.4 Å². The first-order chi connectivity index (χ1) is 24.5. The molecule has 0 aromatic heterocycles. The number of nitrogens with zero attached hydrogens (tertiary/aromatic N) is 4. The maximum Gasteiger partial charge on any atom is 0.236 e. The number of nitrogens with two attached hydrogens (primary N) is 1. The van der Waals surface area contributed by atoms with Gasteiger partial charge in [0.15, 0.2) is 0 Å². The summed E-state index contributed by atoms with van der Waals surface area (Å²) in [4.78, 5) is 32.5. The van der Waals surface area contributed by atoms with Crippen molar-refractivity contribution in [3.8, 4) is 0 Å². The Hall–Kier alpha value is -2.92. The van der Waals surface area contributed by atoms with Crippen LogP contribution in [0.5, 0.6) is 0 Å². The number of likely N-dealkylation sites (N-methyl/N-ethyl adjacent to an activating group) is 1. The third kappa shape index (κ3) is 9.95. The summed E-state index contributed by atoms with van der Waals surface area (Å²) in [6.07, 6.45) is 0. The summed E-state index contributed by atoms with van der Waals surface area (Å²) < 4.78 is 0. The van der Waals surface area contributed by atoms with Crippen LogP contribution < -0.4 is 20.9 Å². The fourth-order valence-electron chi connectivity index (χ4n) is 6.36. The number of anilines is 2. The molecule has 0 saturated carbocycles. The zero-order valence-electron chi connectivity index (χ0n) is 27.8. The van der Waals surface area contributed by atoms with E-state index in [9.17, 15) is 9.59 Å². The van der Waals surface area contributed by atoms with Crippen LogP contribution in [0, 0.1) is 0 Å². The zero-order chi connectivity index (χ0) is 36.7. The van der Waals surface area contributed by atoms with Crippen molar-refractivity contribution in [2.75, 3.05) is 69.2 Å². The molecule has 0 unspecified atom stereocenters. The van der Waals surface area contributed by atoms with Crippen LogP contribution >= 0.6 is 69.6 Å². The lowest BCUT2D eigenvalue weighted by Gasteiger charge is -2.43. The number of carbonyl (C=O) groups excluding carboxylic acids is 2. The molecule has 4 aromatic carbocycles. The Balaban J connectivity index is 0.000000198. The van der Waals surface area contributed by atoms with Crippen molar-refractivity contribution in [2.24, 2.45) is 5.73 Å². The summed E-state index contributed by atoms with van der Waals surface area (Å²) in [5.74, 6) is 0.0362. The van der Waals surface area contributed by atoms with Gasteiger partial charge in [0.25, 0.3) is 0 Å². The lowest BCUT2D eigenvalue weighted by Crippen LogP contribution is -2.52. The second-order valence-corrected chi connectivity index (χ2v) is 14.7. The highest BCUT2D eigenvalue weighted by Crippen LogP contribution is 2.38. The number of piperazine rings is 2. The molecule has 6 rings (SSSR count). The summed E-state index contributed by atoms with van der Waals surface area (Å²) in [6, 6.07) is 26.3. The third-order valence-electron chi connectivity index (χ3n) is 8.92. The Morgan fingerprint density at radius 1 is 0.608 bits per heavy atom. The van der Waals surface area contributed by atoms with Crippen LogP contribution in [0.2, 0.25) is 30.1 Å². The minimum absolute atomic E-state index is 0.00897. The summed E-state index contributed by atoms with van der Waals surface area (Å²) in [6.45, 7) is 4.04. The van der Waals surface area contributed by atoms with Gasteiger partial charge in [0.1, 0.15) is 0 Å². The van der Waals surface area contributed by atoms with Crippen LogP contribution in [0.3, 0.4) is 0 Å². The highest BCUT2D eigenvalue weighted by molar-refractivity contribution is 6.37. The Morgan fingerprint density at radius 3 is 1.37 bits per heavy atom. The predicted molar refractivity (Wildman–Crippen MR) is 212 cm³/mol. The van der Waals surface area contributed by atoms with E-state index < -0.39 is 0 Å². The van der Waals surface area contributed by atoms with Crippen LogP contribution in [-0.2, 0) is 9.59 Å². The topological polar surface area (TPSA) is 85.2 Å². The van der Waals surface area contributed by atoms with E-state index in [1.807, 2.05) is 77.7 Å². The first-order valence-corrected chi connectivity index (χ1v) is 18.6. The summed E-state index contributed by atoms with van der Waals surface area (Å²) >= 11 is 37.0. The number of hydrogen-bond donors (Lipinski definition) is 2. The molecule has 14 heteroatoms. The van der Waals surface area contributed by atoms with E-state index in [0.29, 0.717) is 75.9 Å². The van der Waals surface area contributed by atoms with E-state index in [1.165, 1.54) is 0 Å².